The highest BCUT2D eigenvalue weighted by atomic mass is 79.9. The minimum Gasteiger partial charge on any atom is -0.268 e. The molecular formula is C24H19BrN6OS2. The summed E-state index contributed by atoms with van der Waals surface area (Å²) in [5.41, 5.74) is 2.39. The van der Waals surface area contributed by atoms with Crippen LogP contribution >= 0.6 is 39.5 Å². The molecule has 0 aliphatic carbocycles. The summed E-state index contributed by atoms with van der Waals surface area (Å²) in [5, 5.41) is 14.2. The van der Waals surface area contributed by atoms with Gasteiger partial charge < -0.3 is 0 Å². The third-order valence-electron chi connectivity index (χ3n) is 5.02. The zero-order valence-electron chi connectivity index (χ0n) is 17.9. The van der Waals surface area contributed by atoms with E-state index < -0.39 is 0 Å². The summed E-state index contributed by atoms with van der Waals surface area (Å²) in [5.74, 6) is 1.65. The first-order valence-corrected chi connectivity index (χ1v) is 13.3. The molecule has 34 heavy (non-hydrogen) atoms. The van der Waals surface area contributed by atoms with Crippen molar-refractivity contribution in [2.24, 2.45) is 0 Å². The predicted molar refractivity (Wildman–Crippen MR) is 140 cm³/mol. The van der Waals surface area contributed by atoms with Gasteiger partial charge in [-0.25, -0.2) is 4.98 Å². The Hall–Kier alpha value is -2.95. The van der Waals surface area contributed by atoms with Gasteiger partial charge in [0.25, 0.3) is 5.56 Å². The van der Waals surface area contributed by atoms with Gasteiger partial charge in [0.15, 0.2) is 5.16 Å². The van der Waals surface area contributed by atoms with Crippen LogP contribution in [0.3, 0.4) is 0 Å². The summed E-state index contributed by atoms with van der Waals surface area (Å²) < 4.78 is 4.45. The van der Waals surface area contributed by atoms with Crippen LogP contribution in [-0.4, -0.2) is 41.3 Å². The number of tetrazole rings is 1. The minimum absolute atomic E-state index is 0.0534. The summed E-state index contributed by atoms with van der Waals surface area (Å²) in [7, 11) is 0. The van der Waals surface area contributed by atoms with Gasteiger partial charge in [0.1, 0.15) is 0 Å². The molecule has 0 saturated heterocycles. The Bertz CT molecular complexity index is 1470. The van der Waals surface area contributed by atoms with Gasteiger partial charge in [-0.05, 0) is 65.4 Å². The first-order valence-electron chi connectivity index (χ1n) is 10.6. The number of para-hydroxylation sites is 2. The van der Waals surface area contributed by atoms with E-state index in [1.807, 2.05) is 78.9 Å². The van der Waals surface area contributed by atoms with E-state index in [1.165, 1.54) is 0 Å². The van der Waals surface area contributed by atoms with E-state index in [-0.39, 0.29) is 5.56 Å². The lowest BCUT2D eigenvalue weighted by atomic mass is 10.2. The smallest absolute Gasteiger partial charge is 0.266 e. The molecule has 0 aliphatic heterocycles. The average Bonchev–Trinajstić information content (AvgIpc) is 3.33. The van der Waals surface area contributed by atoms with Gasteiger partial charge in [0.05, 0.1) is 22.3 Å². The van der Waals surface area contributed by atoms with Crippen molar-refractivity contribution in [3.05, 3.63) is 93.7 Å². The minimum atomic E-state index is -0.0534. The van der Waals surface area contributed by atoms with Gasteiger partial charge in [-0.3, -0.25) is 9.36 Å². The number of rotatable bonds is 8. The topological polar surface area (TPSA) is 78.5 Å². The van der Waals surface area contributed by atoms with Crippen LogP contribution < -0.4 is 5.56 Å². The Morgan fingerprint density at radius 2 is 1.50 bits per heavy atom. The molecular weight excluding hydrogens is 532 g/mol. The second kappa shape index (κ2) is 10.5. The fraction of sp³-hybridized carbons (Fsp3) is 0.125. The monoisotopic (exact) mass is 550 g/mol. The zero-order valence-corrected chi connectivity index (χ0v) is 21.1. The quantitative estimate of drug-likeness (QED) is 0.145. The van der Waals surface area contributed by atoms with Gasteiger partial charge in [0, 0.05) is 16.0 Å². The number of thioether (sulfide) groups is 2. The highest BCUT2D eigenvalue weighted by molar-refractivity contribution is 9.10. The predicted octanol–water partition coefficient (Wildman–Crippen LogP) is 5.40. The van der Waals surface area contributed by atoms with Crippen molar-refractivity contribution in [3.63, 3.8) is 0 Å². The maximum atomic E-state index is 13.3. The largest absolute Gasteiger partial charge is 0.268 e. The molecule has 0 aliphatic rings. The van der Waals surface area contributed by atoms with Crippen molar-refractivity contribution in [3.8, 4) is 11.4 Å². The van der Waals surface area contributed by atoms with E-state index >= 15 is 0 Å². The van der Waals surface area contributed by atoms with E-state index in [9.17, 15) is 4.79 Å². The second-order valence-corrected chi connectivity index (χ2v) is 10.3. The molecule has 5 aromatic rings. The van der Waals surface area contributed by atoms with Crippen molar-refractivity contribution in [1.29, 1.82) is 0 Å². The lowest BCUT2D eigenvalue weighted by molar-refractivity contribution is 0.756. The summed E-state index contributed by atoms with van der Waals surface area (Å²) in [6.45, 7) is 0. The molecule has 0 fully saturated rings. The summed E-state index contributed by atoms with van der Waals surface area (Å²) in [6.07, 6.45) is 0.903. The number of benzene rings is 3. The molecule has 0 spiro atoms. The molecule has 10 heteroatoms. The average molecular weight is 551 g/mol. The standard InChI is InChI=1S/C24H19BrN6OS2/c25-17-11-13-19(14-12-17)31-24(27-28-29-31)34-16-6-15-33-23-26-21-10-5-4-9-20(21)22(32)30(23)18-7-2-1-3-8-18/h1-5,7-14H,6,15-16H2. The van der Waals surface area contributed by atoms with Gasteiger partial charge in [-0.1, -0.05) is 69.8 Å². The number of hydrogen-bond donors (Lipinski definition) is 0. The Balaban J connectivity index is 1.29. The molecule has 0 bridgehead atoms. The van der Waals surface area contributed by atoms with Crippen LogP contribution in [0.5, 0.6) is 0 Å². The fourth-order valence-corrected chi connectivity index (χ4v) is 5.64. The van der Waals surface area contributed by atoms with Crippen LogP contribution in [0, 0.1) is 0 Å². The van der Waals surface area contributed by atoms with Crippen LogP contribution in [-0.2, 0) is 0 Å². The Morgan fingerprint density at radius 1 is 0.794 bits per heavy atom. The Morgan fingerprint density at radius 3 is 2.29 bits per heavy atom. The number of aromatic nitrogens is 6. The first-order chi connectivity index (χ1) is 16.7. The lowest BCUT2D eigenvalue weighted by Gasteiger charge is -2.13. The third kappa shape index (κ3) is 4.94. The molecule has 3 aromatic carbocycles. The van der Waals surface area contributed by atoms with Crippen LogP contribution in [0.15, 0.2) is 98.4 Å². The number of nitrogens with zero attached hydrogens (tertiary/aromatic N) is 6. The first kappa shape index (κ1) is 22.8. The normalized spacial score (nSPS) is 11.2. The molecule has 5 rings (SSSR count). The highest BCUT2D eigenvalue weighted by Crippen LogP contribution is 2.24. The number of halogens is 1. The van der Waals surface area contributed by atoms with E-state index in [0.29, 0.717) is 16.1 Å². The molecule has 0 amide bonds. The Labute approximate surface area is 212 Å². The Kier molecular flexibility index (Phi) is 7.08. The van der Waals surface area contributed by atoms with E-state index in [0.717, 1.165) is 38.9 Å². The van der Waals surface area contributed by atoms with Gasteiger partial charge in [-0.15, -0.1) is 5.10 Å². The number of hydrogen-bond acceptors (Lipinski definition) is 7. The molecule has 7 nitrogen and oxygen atoms in total. The van der Waals surface area contributed by atoms with Crippen molar-refractivity contribution in [1.82, 2.24) is 29.8 Å². The summed E-state index contributed by atoms with van der Waals surface area (Å²) >= 11 is 6.64. The maximum absolute atomic E-state index is 13.3. The third-order valence-corrected chi connectivity index (χ3v) is 7.58. The van der Waals surface area contributed by atoms with Crippen molar-refractivity contribution >= 4 is 50.4 Å². The lowest BCUT2D eigenvalue weighted by Crippen LogP contribution is -2.21. The van der Waals surface area contributed by atoms with Crippen molar-refractivity contribution in [2.75, 3.05) is 11.5 Å². The van der Waals surface area contributed by atoms with Crippen LogP contribution in [0.25, 0.3) is 22.3 Å². The maximum Gasteiger partial charge on any atom is 0.266 e. The van der Waals surface area contributed by atoms with Crippen molar-refractivity contribution in [2.45, 2.75) is 16.7 Å². The zero-order chi connectivity index (χ0) is 23.3. The van der Waals surface area contributed by atoms with E-state index in [2.05, 4.69) is 31.5 Å². The fourth-order valence-electron chi connectivity index (χ4n) is 3.41. The van der Waals surface area contributed by atoms with Gasteiger partial charge in [0.2, 0.25) is 5.16 Å². The molecule has 0 radical (unpaired) electrons. The second-order valence-electron chi connectivity index (χ2n) is 7.29. The summed E-state index contributed by atoms with van der Waals surface area (Å²) in [4.78, 5) is 18.1. The van der Waals surface area contributed by atoms with Crippen LogP contribution in [0.1, 0.15) is 6.42 Å². The van der Waals surface area contributed by atoms with E-state index in [4.69, 9.17) is 4.98 Å². The van der Waals surface area contributed by atoms with Gasteiger partial charge in [-0.2, -0.15) is 4.68 Å². The van der Waals surface area contributed by atoms with Gasteiger partial charge >= 0.3 is 0 Å². The van der Waals surface area contributed by atoms with Crippen LogP contribution in [0.2, 0.25) is 0 Å². The SMILES string of the molecule is O=c1c2ccccc2nc(SCCCSc2nnnn2-c2ccc(Br)cc2)n1-c1ccccc1. The molecule has 2 aromatic heterocycles. The molecule has 0 N–H and O–H groups in total. The van der Waals surface area contributed by atoms with Crippen molar-refractivity contribution < 1.29 is 0 Å². The van der Waals surface area contributed by atoms with Crippen LogP contribution in [0.4, 0.5) is 0 Å². The van der Waals surface area contributed by atoms with E-state index in [1.54, 1.807) is 32.8 Å². The summed E-state index contributed by atoms with van der Waals surface area (Å²) in [6, 6.07) is 25.0. The molecule has 2 heterocycles. The molecule has 0 atom stereocenters. The molecule has 0 unspecified atom stereocenters. The number of fused-ring (bicyclic) bond motifs is 1. The molecule has 170 valence electrons. The molecule has 0 saturated carbocycles. The highest BCUT2D eigenvalue weighted by Gasteiger charge is 2.13.